The number of ketones is 2. The van der Waals surface area contributed by atoms with Crippen LogP contribution in [0.2, 0.25) is 0 Å². The van der Waals surface area contributed by atoms with E-state index in [1.165, 1.54) is 23.6 Å². The summed E-state index contributed by atoms with van der Waals surface area (Å²) in [5, 5.41) is 10.9. The third-order valence-corrected chi connectivity index (χ3v) is 6.54. The lowest BCUT2D eigenvalue weighted by Gasteiger charge is -2.10. The largest absolute Gasteiger partial charge is 0.355 e. The average Bonchev–Trinajstić information content (AvgIpc) is 3.30. The second-order valence-electron chi connectivity index (χ2n) is 6.52. The molecule has 0 aliphatic rings. The van der Waals surface area contributed by atoms with Crippen LogP contribution in [0.1, 0.15) is 56.7 Å². The predicted molar refractivity (Wildman–Crippen MR) is 108 cm³/mol. The highest BCUT2D eigenvalue weighted by Crippen LogP contribution is 2.27. The van der Waals surface area contributed by atoms with Crippen LogP contribution in [0.15, 0.2) is 22.7 Å². The third kappa shape index (κ3) is 3.91. The number of hydrogen-bond donors (Lipinski definition) is 1. The molecule has 0 aliphatic carbocycles. The standard InChI is InChI=1S/C19H22N4O2S2/c1-10-16(12(3)24)11(2)20-17(10)18(25)13(4)27-19-22-21-15(23(19)5)9-14-7-6-8-26-14/h6-8,13,20H,9H2,1-5H3/t13-/m1/s1. The second-order valence-corrected chi connectivity index (χ2v) is 8.86. The zero-order valence-electron chi connectivity index (χ0n) is 16.0. The van der Waals surface area contributed by atoms with E-state index in [0.29, 0.717) is 22.0 Å². The monoisotopic (exact) mass is 402 g/mol. The van der Waals surface area contributed by atoms with Gasteiger partial charge in [-0.1, -0.05) is 17.8 Å². The molecule has 0 aliphatic heterocycles. The number of hydrogen-bond acceptors (Lipinski definition) is 6. The average molecular weight is 403 g/mol. The van der Waals surface area contributed by atoms with Gasteiger partial charge in [0.2, 0.25) is 0 Å². The molecular formula is C19H22N4O2S2. The summed E-state index contributed by atoms with van der Waals surface area (Å²) in [6, 6.07) is 4.09. The Balaban J connectivity index is 1.77. The maximum absolute atomic E-state index is 12.9. The number of carbonyl (C=O) groups is 2. The molecule has 8 heteroatoms. The molecule has 0 spiro atoms. The lowest BCUT2D eigenvalue weighted by molar-refractivity contribution is 0.0988. The van der Waals surface area contributed by atoms with E-state index in [-0.39, 0.29) is 16.8 Å². The molecule has 0 bridgehead atoms. The van der Waals surface area contributed by atoms with Crippen molar-refractivity contribution >= 4 is 34.7 Å². The predicted octanol–water partition coefficient (Wildman–Crippen LogP) is 3.98. The fraction of sp³-hybridized carbons (Fsp3) is 0.368. The third-order valence-electron chi connectivity index (χ3n) is 4.52. The van der Waals surface area contributed by atoms with E-state index in [4.69, 9.17) is 0 Å². The van der Waals surface area contributed by atoms with Gasteiger partial charge in [0, 0.05) is 29.6 Å². The van der Waals surface area contributed by atoms with Crippen LogP contribution < -0.4 is 0 Å². The summed E-state index contributed by atoms with van der Waals surface area (Å²) in [6.45, 7) is 7.00. The first-order valence-corrected chi connectivity index (χ1v) is 10.4. The minimum atomic E-state index is -0.348. The van der Waals surface area contributed by atoms with E-state index in [2.05, 4.69) is 21.2 Å². The van der Waals surface area contributed by atoms with Gasteiger partial charge in [-0.15, -0.1) is 21.5 Å². The Kier molecular flexibility index (Phi) is 5.67. The van der Waals surface area contributed by atoms with Gasteiger partial charge in [0.25, 0.3) is 0 Å². The Labute approximate surface area is 166 Å². The number of rotatable bonds is 7. The van der Waals surface area contributed by atoms with E-state index in [1.54, 1.807) is 11.3 Å². The molecule has 1 N–H and O–H groups in total. The van der Waals surface area contributed by atoms with E-state index in [1.807, 2.05) is 43.8 Å². The summed E-state index contributed by atoms with van der Waals surface area (Å²) in [6.07, 6.45) is 0.723. The Bertz CT molecular complexity index is 986. The second kappa shape index (κ2) is 7.82. The van der Waals surface area contributed by atoms with Gasteiger partial charge in [-0.05, 0) is 44.7 Å². The van der Waals surface area contributed by atoms with Crippen LogP contribution >= 0.6 is 23.1 Å². The molecule has 0 amide bonds. The number of aryl methyl sites for hydroxylation is 1. The van der Waals surface area contributed by atoms with Crippen molar-refractivity contribution in [1.82, 2.24) is 19.7 Å². The molecule has 27 heavy (non-hydrogen) atoms. The maximum atomic E-state index is 12.9. The van der Waals surface area contributed by atoms with Gasteiger partial charge in [0.1, 0.15) is 5.82 Å². The van der Waals surface area contributed by atoms with E-state index in [0.717, 1.165) is 17.9 Å². The Morgan fingerprint density at radius 3 is 2.67 bits per heavy atom. The summed E-state index contributed by atoms with van der Waals surface area (Å²) >= 11 is 3.06. The minimum Gasteiger partial charge on any atom is -0.355 e. The zero-order chi connectivity index (χ0) is 19.7. The molecule has 3 aromatic rings. The van der Waals surface area contributed by atoms with E-state index >= 15 is 0 Å². The van der Waals surface area contributed by atoms with Crippen molar-refractivity contribution in [3.63, 3.8) is 0 Å². The highest BCUT2D eigenvalue weighted by molar-refractivity contribution is 8.00. The van der Waals surface area contributed by atoms with Gasteiger partial charge in [-0.2, -0.15) is 0 Å². The fourth-order valence-corrected chi connectivity index (χ4v) is 4.70. The SMILES string of the molecule is CC(=O)c1c(C)[nH]c(C(=O)[C@@H](C)Sc2nnc(Cc3cccs3)n2C)c1C. The van der Waals surface area contributed by atoms with Crippen LogP contribution in [-0.4, -0.2) is 36.6 Å². The highest BCUT2D eigenvalue weighted by atomic mass is 32.2. The van der Waals surface area contributed by atoms with Crippen LogP contribution in [0, 0.1) is 13.8 Å². The molecule has 3 aromatic heterocycles. The number of thiophene rings is 1. The molecule has 6 nitrogen and oxygen atoms in total. The topological polar surface area (TPSA) is 80.6 Å². The van der Waals surface area contributed by atoms with Crippen LogP contribution in [0.5, 0.6) is 0 Å². The van der Waals surface area contributed by atoms with Gasteiger partial charge in [-0.25, -0.2) is 0 Å². The highest BCUT2D eigenvalue weighted by Gasteiger charge is 2.25. The normalized spacial score (nSPS) is 12.3. The number of nitrogens with zero attached hydrogens (tertiary/aromatic N) is 3. The van der Waals surface area contributed by atoms with E-state index < -0.39 is 0 Å². The Hall–Kier alpha value is -2.19. The van der Waals surface area contributed by atoms with Crippen molar-refractivity contribution in [3.05, 3.63) is 50.7 Å². The lowest BCUT2D eigenvalue weighted by Crippen LogP contribution is -2.16. The number of aromatic nitrogens is 4. The molecule has 1 atom stereocenters. The summed E-state index contributed by atoms with van der Waals surface area (Å²) in [5.41, 5.74) is 2.55. The quantitative estimate of drug-likeness (QED) is 0.478. The van der Waals surface area contributed by atoms with Crippen LogP contribution in [-0.2, 0) is 13.5 Å². The van der Waals surface area contributed by atoms with Gasteiger partial charge in [-0.3, -0.25) is 9.59 Å². The number of thioether (sulfide) groups is 1. The maximum Gasteiger partial charge on any atom is 0.192 e. The van der Waals surface area contributed by atoms with Gasteiger partial charge >= 0.3 is 0 Å². The molecule has 3 rings (SSSR count). The van der Waals surface area contributed by atoms with Crippen LogP contribution in [0.3, 0.4) is 0 Å². The lowest BCUT2D eigenvalue weighted by atomic mass is 10.0. The van der Waals surface area contributed by atoms with Crippen LogP contribution in [0.4, 0.5) is 0 Å². The fourth-order valence-electron chi connectivity index (χ4n) is 3.11. The Morgan fingerprint density at radius 1 is 1.33 bits per heavy atom. The number of carbonyl (C=O) groups excluding carboxylic acids is 2. The first kappa shape index (κ1) is 19.6. The summed E-state index contributed by atoms with van der Waals surface area (Å²) in [5.74, 6) is 0.786. The van der Waals surface area contributed by atoms with Crippen molar-refractivity contribution in [2.24, 2.45) is 7.05 Å². The number of Topliss-reactive ketones (excluding diaryl/α,β-unsaturated/α-hetero) is 2. The number of aromatic amines is 1. The van der Waals surface area contributed by atoms with Gasteiger partial charge < -0.3 is 9.55 Å². The summed E-state index contributed by atoms with van der Waals surface area (Å²) in [7, 11) is 1.92. The number of nitrogens with one attached hydrogen (secondary N) is 1. The van der Waals surface area contributed by atoms with Gasteiger partial charge in [0.05, 0.1) is 10.9 Å². The molecule has 0 saturated carbocycles. The molecule has 0 saturated heterocycles. The van der Waals surface area contributed by atoms with Crippen LogP contribution in [0.25, 0.3) is 0 Å². The first-order chi connectivity index (χ1) is 12.8. The van der Waals surface area contributed by atoms with Crippen molar-refractivity contribution < 1.29 is 9.59 Å². The molecule has 3 heterocycles. The van der Waals surface area contributed by atoms with Crippen molar-refractivity contribution in [2.45, 2.75) is 44.5 Å². The smallest absolute Gasteiger partial charge is 0.192 e. The molecule has 0 unspecified atom stereocenters. The molecule has 0 radical (unpaired) electrons. The molecular weight excluding hydrogens is 380 g/mol. The van der Waals surface area contributed by atoms with Gasteiger partial charge in [0.15, 0.2) is 16.7 Å². The molecule has 0 fully saturated rings. The zero-order valence-corrected chi connectivity index (χ0v) is 17.6. The summed E-state index contributed by atoms with van der Waals surface area (Å²) < 4.78 is 1.93. The Morgan fingerprint density at radius 2 is 2.07 bits per heavy atom. The van der Waals surface area contributed by atoms with Crippen molar-refractivity contribution in [3.8, 4) is 0 Å². The molecule has 142 valence electrons. The molecule has 0 aromatic carbocycles. The summed E-state index contributed by atoms with van der Waals surface area (Å²) in [4.78, 5) is 29.0. The van der Waals surface area contributed by atoms with Crippen molar-refractivity contribution in [1.29, 1.82) is 0 Å². The first-order valence-electron chi connectivity index (χ1n) is 8.61. The van der Waals surface area contributed by atoms with E-state index in [9.17, 15) is 9.59 Å². The number of H-pyrrole nitrogens is 1. The van der Waals surface area contributed by atoms with Crippen molar-refractivity contribution in [2.75, 3.05) is 0 Å². The minimum absolute atomic E-state index is 0.0351.